The number of fused-ring (bicyclic) bond motifs is 1. The zero-order valence-corrected chi connectivity index (χ0v) is 21.9. The van der Waals surface area contributed by atoms with Gasteiger partial charge in [0.1, 0.15) is 12.1 Å². The molecular formula is C28H33N5O2S. The number of allylic oxidation sites excluding steroid dienone is 1. The second kappa shape index (κ2) is 10.8. The molecule has 0 amide bonds. The zero-order valence-electron chi connectivity index (χ0n) is 21.1. The molecule has 0 bridgehead atoms. The van der Waals surface area contributed by atoms with Crippen LogP contribution in [0.3, 0.4) is 0 Å². The lowest BCUT2D eigenvalue weighted by molar-refractivity contribution is -0.146. The zero-order chi connectivity index (χ0) is 25.1. The summed E-state index contributed by atoms with van der Waals surface area (Å²) in [5.74, 6) is 1.14. The lowest BCUT2D eigenvalue weighted by Crippen LogP contribution is -2.32. The quantitative estimate of drug-likeness (QED) is 0.323. The summed E-state index contributed by atoms with van der Waals surface area (Å²) in [4.78, 5) is 20.4. The molecular weight excluding hydrogens is 470 g/mol. The third kappa shape index (κ3) is 5.28. The molecule has 1 saturated carbocycles. The van der Waals surface area contributed by atoms with Gasteiger partial charge in [0.05, 0.1) is 5.57 Å². The first kappa shape index (κ1) is 24.4. The minimum Gasteiger partial charge on any atom is -0.459 e. The number of esters is 1. The second-order valence-electron chi connectivity index (χ2n) is 9.65. The van der Waals surface area contributed by atoms with Crippen LogP contribution in [0.2, 0.25) is 0 Å². The molecule has 0 radical (unpaired) electrons. The first-order valence-electron chi connectivity index (χ1n) is 12.6. The Morgan fingerprint density at radius 1 is 1.08 bits per heavy atom. The van der Waals surface area contributed by atoms with Gasteiger partial charge in [-0.25, -0.2) is 9.48 Å². The monoisotopic (exact) mass is 503 g/mol. The second-order valence-corrected chi connectivity index (χ2v) is 10.6. The van der Waals surface area contributed by atoms with Gasteiger partial charge in [-0.1, -0.05) is 60.6 Å². The van der Waals surface area contributed by atoms with Crippen molar-refractivity contribution >= 4 is 29.4 Å². The van der Waals surface area contributed by atoms with Gasteiger partial charge in [-0.15, -0.1) is 5.10 Å². The number of aromatic nitrogens is 3. The largest absolute Gasteiger partial charge is 0.459 e. The number of rotatable bonds is 7. The molecule has 1 aliphatic heterocycles. The van der Waals surface area contributed by atoms with Crippen LogP contribution in [0.4, 0.5) is 11.6 Å². The number of nitrogens with zero attached hydrogens (tertiary/aromatic N) is 4. The van der Waals surface area contributed by atoms with Gasteiger partial charge >= 0.3 is 5.97 Å². The van der Waals surface area contributed by atoms with Crippen LogP contribution in [0.1, 0.15) is 56.2 Å². The Labute approximate surface area is 216 Å². The van der Waals surface area contributed by atoms with Gasteiger partial charge in [-0.05, 0) is 55.9 Å². The van der Waals surface area contributed by atoms with E-state index in [0.717, 1.165) is 48.4 Å². The number of nitrogens with one attached hydrogen (secondary N) is 1. The van der Waals surface area contributed by atoms with Gasteiger partial charge in [0.25, 0.3) is 0 Å². The molecule has 2 heterocycles. The molecule has 1 aliphatic carbocycles. The molecule has 36 heavy (non-hydrogen) atoms. The van der Waals surface area contributed by atoms with E-state index in [1.54, 1.807) is 11.8 Å². The predicted octanol–water partition coefficient (Wildman–Crippen LogP) is 5.80. The molecule has 1 aromatic heterocycles. The van der Waals surface area contributed by atoms with Crippen molar-refractivity contribution in [3.63, 3.8) is 0 Å². The highest BCUT2D eigenvalue weighted by atomic mass is 32.2. The number of carbonyl (C=O) groups is 1. The number of anilines is 2. The van der Waals surface area contributed by atoms with Crippen LogP contribution in [-0.4, -0.2) is 40.9 Å². The summed E-state index contributed by atoms with van der Waals surface area (Å²) in [5, 5.41) is 8.84. The lowest BCUT2D eigenvalue weighted by atomic mass is 9.94. The summed E-state index contributed by atoms with van der Waals surface area (Å²) < 4.78 is 7.87. The topological polar surface area (TPSA) is 72.3 Å². The highest BCUT2D eigenvalue weighted by Crippen LogP contribution is 2.38. The number of benzene rings is 2. The fourth-order valence-corrected chi connectivity index (χ4v) is 5.62. The Morgan fingerprint density at radius 2 is 1.81 bits per heavy atom. The van der Waals surface area contributed by atoms with E-state index >= 15 is 0 Å². The maximum absolute atomic E-state index is 13.6. The number of ether oxygens (including phenoxy) is 1. The Kier molecular flexibility index (Phi) is 7.32. The fourth-order valence-electron chi connectivity index (χ4n) is 4.84. The van der Waals surface area contributed by atoms with Crippen molar-refractivity contribution in [1.29, 1.82) is 0 Å². The average Bonchev–Trinajstić information content (AvgIpc) is 3.30. The maximum atomic E-state index is 13.6. The van der Waals surface area contributed by atoms with Crippen LogP contribution in [0.5, 0.6) is 0 Å². The van der Waals surface area contributed by atoms with E-state index in [1.807, 2.05) is 43.9 Å². The number of hydrogen-bond acceptors (Lipinski definition) is 7. The SMILES string of the molecule is CC1=C(C(=O)OC2CCCCC2)C(c2ccc(N(C)C)cc2)n2nc(SCc3ccccc3)nc2N1. The molecule has 3 aromatic rings. The van der Waals surface area contributed by atoms with Crippen LogP contribution in [0.25, 0.3) is 0 Å². The molecule has 5 rings (SSSR count). The summed E-state index contributed by atoms with van der Waals surface area (Å²) in [5.41, 5.74) is 4.64. The molecule has 2 aromatic carbocycles. The van der Waals surface area contributed by atoms with Gasteiger partial charge in [0.15, 0.2) is 0 Å². The summed E-state index contributed by atoms with van der Waals surface area (Å²) in [7, 11) is 4.03. The molecule has 1 N–H and O–H groups in total. The van der Waals surface area contributed by atoms with Crippen LogP contribution in [-0.2, 0) is 15.3 Å². The van der Waals surface area contributed by atoms with Gasteiger partial charge in [0.2, 0.25) is 11.1 Å². The van der Waals surface area contributed by atoms with E-state index in [9.17, 15) is 4.79 Å². The third-order valence-electron chi connectivity index (χ3n) is 6.81. The van der Waals surface area contributed by atoms with Gasteiger partial charge in [0, 0.05) is 31.2 Å². The minimum atomic E-state index is -0.410. The Balaban J connectivity index is 1.47. The smallest absolute Gasteiger partial charge is 0.338 e. The Bertz CT molecular complexity index is 1230. The van der Waals surface area contributed by atoms with Crippen molar-refractivity contribution in [2.24, 2.45) is 0 Å². The lowest BCUT2D eigenvalue weighted by Gasteiger charge is -2.30. The van der Waals surface area contributed by atoms with Crippen LogP contribution >= 0.6 is 11.8 Å². The Hall–Kier alpha value is -3.26. The van der Waals surface area contributed by atoms with Crippen molar-refractivity contribution in [1.82, 2.24) is 14.8 Å². The Morgan fingerprint density at radius 3 is 2.50 bits per heavy atom. The average molecular weight is 504 g/mol. The molecule has 1 fully saturated rings. The van der Waals surface area contributed by atoms with E-state index in [1.165, 1.54) is 12.0 Å². The van der Waals surface area contributed by atoms with E-state index in [-0.39, 0.29) is 12.1 Å². The first-order valence-corrected chi connectivity index (χ1v) is 13.6. The molecule has 0 spiro atoms. The molecule has 7 nitrogen and oxygen atoms in total. The highest BCUT2D eigenvalue weighted by Gasteiger charge is 2.36. The molecule has 1 unspecified atom stereocenters. The van der Waals surface area contributed by atoms with Crippen LogP contribution in [0, 0.1) is 0 Å². The molecule has 2 aliphatic rings. The van der Waals surface area contributed by atoms with Crippen molar-refractivity contribution < 1.29 is 9.53 Å². The third-order valence-corrected chi connectivity index (χ3v) is 7.72. The molecule has 1 atom stereocenters. The van der Waals surface area contributed by atoms with Gasteiger partial charge in [-0.2, -0.15) is 4.98 Å². The molecule has 0 saturated heterocycles. The first-order chi connectivity index (χ1) is 17.5. The van der Waals surface area contributed by atoms with Gasteiger partial charge in [-0.3, -0.25) is 0 Å². The van der Waals surface area contributed by atoms with Crippen molar-refractivity contribution in [3.8, 4) is 0 Å². The van der Waals surface area contributed by atoms with Crippen LogP contribution < -0.4 is 10.2 Å². The van der Waals surface area contributed by atoms with E-state index < -0.39 is 6.04 Å². The van der Waals surface area contributed by atoms with Crippen molar-refractivity contribution in [3.05, 3.63) is 77.0 Å². The highest BCUT2D eigenvalue weighted by molar-refractivity contribution is 7.98. The van der Waals surface area contributed by atoms with Crippen molar-refractivity contribution in [2.45, 2.75) is 62.1 Å². The number of carbonyl (C=O) groups excluding carboxylic acids is 1. The van der Waals surface area contributed by atoms with Gasteiger partial charge < -0.3 is 15.0 Å². The summed E-state index contributed by atoms with van der Waals surface area (Å²) >= 11 is 1.59. The summed E-state index contributed by atoms with van der Waals surface area (Å²) in [6.07, 6.45) is 5.28. The summed E-state index contributed by atoms with van der Waals surface area (Å²) in [6.45, 7) is 1.92. The normalized spacial score (nSPS) is 17.9. The number of hydrogen-bond donors (Lipinski definition) is 1. The maximum Gasteiger partial charge on any atom is 0.338 e. The standard InChI is InChI=1S/C28H33N5O2S/c1-19-24(26(34)35-23-12-8-5-9-13-23)25(21-14-16-22(17-15-21)32(2)3)33-27(29-19)30-28(31-33)36-18-20-10-6-4-7-11-20/h4,6-7,10-11,14-17,23,25H,5,8-9,12-13,18H2,1-3H3,(H,29,30,31). The van der Waals surface area contributed by atoms with E-state index in [0.29, 0.717) is 16.7 Å². The summed E-state index contributed by atoms with van der Waals surface area (Å²) in [6, 6.07) is 18.1. The van der Waals surface area contributed by atoms with E-state index in [2.05, 4.69) is 46.6 Å². The molecule has 8 heteroatoms. The predicted molar refractivity (Wildman–Crippen MR) is 144 cm³/mol. The van der Waals surface area contributed by atoms with Crippen LogP contribution in [0.15, 0.2) is 71.0 Å². The fraction of sp³-hybridized carbons (Fsp3) is 0.393. The molecule has 188 valence electrons. The van der Waals surface area contributed by atoms with E-state index in [4.69, 9.17) is 14.8 Å². The minimum absolute atomic E-state index is 0.0163. The van der Waals surface area contributed by atoms with Crippen molar-refractivity contribution in [2.75, 3.05) is 24.3 Å². The number of thioether (sulfide) groups is 1.